The number of amides is 1. The lowest BCUT2D eigenvalue weighted by molar-refractivity contribution is -0.118. The Morgan fingerprint density at radius 2 is 2.06 bits per heavy atom. The van der Waals surface area contributed by atoms with Gasteiger partial charge in [0, 0.05) is 33.0 Å². The number of allylic oxidation sites excluding steroid dienone is 1. The van der Waals surface area contributed by atoms with Gasteiger partial charge < -0.3 is 10.2 Å². The van der Waals surface area contributed by atoms with Crippen LogP contribution in [0.3, 0.4) is 0 Å². The molecule has 1 heterocycles. The second-order valence-corrected chi connectivity index (χ2v) is 3.93. The number of hydrogen-bond acceptors (Lipinski definition) is 3. The van der Waals surface area contributed by atoms with Gasteiger partial charge in [-0.05, 0) is 31.0 Å². The van der Waals surface area contributed by atoms with Gasteiger partial charge in [0.05, 0.1) is 5.70 Å². The number of likely N-dealkylation sites (N-methyl/N-ethyl adjacent to an activating group) is 1. The van der Waals surface area contributed by atoms with Crippen LogP contribution in [0, 0.1) is 0 Å². The highest BCUT2D eigenvalue weighted by atomic mass is 16.2. The topological polar surface area (TPSA) is 45.2 Å². The maximum Gasteiger partial charge on any atom is 0.267 e. The average molecular weight is 233 g/mol. The van der Waals surface area contributed by atoms with E-state index in [1.807, 2.05) is 44.1 Å². The minimum absolute atomic E-state index is 0.0356. The fourth-order valence-corrected chi connectivity index (χ4v) is 1.55. The number of pyridine rings is 1. The quantitative estimate of drug-likeness (QED) is 0.777. The van der Waals surface area contributed by atoms with Crippen LogP contribution in [0.2, 0.25) is 0 Å². The van der Waals surface area contributed by atoms with Crippen molar-refractivity contribution in [1.82, 2.24) is 15.2 Å². The van der Waals surface area contributed by atoms with Crippen LogP contribution in [0.15, 0.2) is 36.3 Å². The molecule has 0 bridgehead atoms. The third kappa shape index (κ3) is 4.26. The van der Waals surface area contributed by atoms with Crippen LogP contribution in [-0.4, -0.2) is 36.4 Å². The van der Waals surface area contributed by atoms with Crippen molar-refractivity contribution >= 4 is 5.91 Å². The highest BCUT2D eigenvalue weighted by molar-refractivity contribution is 5.92. The van der Waals surface area contributed by atoms with E-state index in [9.17, 15) is 4.79 Å². The largest absolute Gasteiger partial charge is 0.373 e. The summed E-state index contributed by atoms with van der Waals surface area (Å²) in [4.78, 5) is 17.5. The van der Waals surface area contributed by atoms with Crippen molar-refractivity contribution in [2.75, 3.05) is 20.6 Å². The predicted octanol–water partition coefficient (Wildman–Crippen LogP) is 1.21. The minimum atomic E-state index is -0.0356. The van der Waals surface area contributed by atoms with E-state index in [4.69, 9.17) is 0 Å². The third-order valence-electron chi connectivity index (χ3n) is 2.44. The van der Waals surface area contributed by atoms with Crippen molar-refractivity contribution in [3.8, 4) is 0 Å². The summed E-state index contributed by atoms with van der Waals surface area (Å²) in [5, 5.41) is 2.89. The molecule has 4 heteroatoms. The molecule has 1 N–H and O–H groups in total. The van der Waals surface area contributed by atoms with Crippen molar-refractivity contribution in [2.24, 2.45) is 0 Å². The molecule has 0 aliphatic carbocycles. The number of carbonyl (C=O) groups is 1. The first-order valence-electron chi connectivity index (χ1n) is 5.66. The van der Waals surface area contributed by atoms with Gasteiger partial charge in [-0.1, -0.05) is 6.08 Å². The Hall–Kier alpha value is -1.84. The maximum absolute atomic E-state index is 11.8. The van der Waals surface area contributed by atoms with Crippen LogP contribution in [-0.2, 0) is 11.2 Å². The van der Waals surface area contributed by atoms with Crippen LogP contribution < -0.4 is 5.32 Å². The number of rotatable bonds is 5. The molecule has 1 amide bonds. The van der Waals surface area contributed by atoms with Gasteiger partial charge in [0.1, 0.15) is 0 Å². The van der Waals surface area contributed by atoms with E-state index in [1.165, 1.54) is 5.56 Å². The second kappa shape index (κ2) is 6.68. The van der Waals surface area contributed by atoms with E-state index in [-0.39, 0.29) is 5.91 Å². The van der Waals surface area contributed by atoms with Crippen molar-refractivity contribution in [2.45, 2.75) is 13.3 Å². The maximum atomic E-state index is 11.8. The minimum Gasteiger partial charge on any atom is -0.373 e. The summed E-state index contributed by atoms with van der Waals surface area (Å²) < 4.78 is 0. The Kier molecular flexibility index (Phi) is 5.20. The highest BCUT2D eigenvalue weighted by Crippen LogP contribution is 1.99. The first kappa shape index (κ1) is 13.2. The van der Waals surface area contributed by atoms with Crippen LogP contribution in [0.25, 0.3) is 0 Å². The van der Waals surface area contributed by atoms with E-state index < -0.39 is 0 Å². The molecule has 92 valence electrons. The number of hydrogen-bond donors (Lipinski definition) is 1. The summed E-state index contributed by atoms with van der Waals surface area (Å²) in [5.41, 5.74) is 1.85. The fourth-order valence-electron chi connectivity index (χ4n) is 1.55. The van der Waals surface area contributed by atoms with Crippen molar-refractivity contribution in [3.05, 3.63) is 41.9 Å². The first-order chi connectivity index (χ1) is 8.15. The standard InChI is InChI=1S/C13H19N3O/c1-4-12(16(2)3)13(17)15-10-7-11-5-8-14-9-6-11/h4-6,8-9H,7,10H2,1-3H3,(H,15,17). The number of nitrogens with zero attached hydrogens (tertiary/aromatic N) is 2. The third-order valence-corrected chi connectivity index (χ3v) is 2.44. The lowest BCUT2D eigenvalue weighted by Crippen LogP contribution is -2.32. The summed E-state index contributed by atoms with van der Waals surface area (Å²) in [6, 6.07) is 3.91. The summed E-state index contributed by atoms with van der Waals surface area (Å²) in [6.45, 7) is 2.49. The lowest BCUT2D eigenvalue weighted by Gasteiger charge is -2.16. The van der Waals surface area contributed by atoms with Gasteiger partial charge >= 0.3 is 0 Å². The van der Waals surface area contributed by atoms with Crippen LogP contribution in [0.1, 0.15) is 12.5 Å². The molecule has 0 radical (unpaired) electrons. The van der Waals surface area contributed by atoms with E-state index in [0.29, 0.717) is 12.2 Å². The zero-order valence-corrected chi connectivity index (χ0v) is 10.6. The molecule has 0 saturated carbocycles. The summed E-state index contributed by atoms with van der Waals surface area (Å²) in [7, 11) is 3.72. The molecule has 0 fully saturated rings. The molecule has 0 aliphatic heterocycles. The summed E-state index contributed by atoms with van der Waals surface area (Å²) >= 11 is 0. The van der Waals surface area contributed by atoms with Crippen LogP contribution in [0.5, 0.6) is 0 Å². The summed E-state index contributed by atoms with van der Waals surface area (Å²) in [6.07, 6.45) is 6.14. The van der Waals surface area contributed by atoms with Crippen molar-refractivity contribution < 1.29 is 4.79 Å². The predicted molar refractivity (Wildman–Crippen MR) is 68.4 cm³/mol. The highest BCUT2D eigenvalue weighted by Gasteiger charge is 2.08. The zero-order valence-electron chi connectivity index (χ0n) is 10.6. The molecule has 0 unspecified atom stereocenters. The molecule has 0 saturated heterocycles. The molecular formula is C13H19N3O. The first-order valence-corrected chi connectivity index (χ1v) is 5.66. The molecule has 0 atom stereocenters. The molecule has 17 heavy (non-hydrogen) atoms. The molecule has 0 aliphatic rings. The number of carbonyl (C=O) groups excluding carboxylic acids is 1. The number of nitrogens with one attached hydrogen (secondary N) is 1. The molecule has 0 spiro atoms. The molecule has 4 nitrogen and oxygen atoms in total. The summed E-state index contributed by atoms with van der Waals surface area (Å²) in [5.74, 6) is -0.0356. The monoisotopic (exact) mass is 233 g/mol. The Morgan fingerprint density at radius 1 is 1.41 bits per heavy atom. The Labute approximate surface area is 102 Å². The molecular weight excluding hydrogens is 214 g/mol. The van der Waals surface area contributed by atoms with Gasteiger partial charge in [-0.2, -0.15) is 0 Å². The van der Waals surface area contributed by atoms with E-state index in [0.717, 1.165) is 6.42 Å². The molecule has 0 aromatic carbocycles. The van der Waals surface area contributed by atoms with Crippen molar-refractivity contribution in [1.29, 1.82) is 0 Å². The smallest absolute Gasteiger partial charge is 0.267 e. The molecule has 1 rings (SSSR count). The Balaban J connectivity index is 2.39. The van der Waals surface area contributed by atoms with E-state index in [1.54, 1.807) is 12.4 Å². The van der Waals surface area contributed by atoms with E-state index in [2.05, 4.69) is 10.3 Å². The van der Waals surface area contributed by atoms with E-state index >= 15 is 0 Å². The SMILES string of the molecule is CC=C(C(=O)NCCc1ccncc1)N(C)C. The van der Waals surface area contributed by atoms with Gasteiger partial charge in [-0.3, -0.25) is 9.78 Å². The normalized spacial score (nSPS) is 11.1. The molecule has 1 aromatic heterocycles. The second-order valence-electron chi connectivity index (χ2n) is 3.93. The van der Waals surface area contributed by atoms with Crippen LogP contribution in [0.4, 0.5) is 0 Å². The Bertz CT molecular complexity index is 385. The van der Waals surface area contributed by atoms with Crippen molar-refractivity contribution in [3.63, 3.8) is 0 Å². The average Bonchev–Trinajstić information content (AvgIpc) is 2.30. The Morgan fingerprint density at radius 3 is 2.59 bits per heavy atom. The number of aromatic nitrogens is 1. The fraction of sp³-hybridized carbons (Fsp3) is 0.385. The van der Waals surface area contributed by atoms with Crippen LogP contribution >= 0.6 is 0 Å². The van der Waals surface area contributed by atoms with Gasteiger partial charge in [-0.25, -0.2) is 0 Å². The molecule has 1 aromatic rings. The van der Waals surface area contributed by atoms with Gasteiger partial charge in [0.25, 0.3) is 5.91 Å². The lowest BCUT2D eigenvalue weighted by atomic mass is 10.2. The van der Waals surface area contributed by atoms with Gasteiger partial charge in [-0.15, -0.1) is 0 Å². The zero-order chi connectivity index (χ0) is 12.7. The van der Waals surface area contributed by atoms with Gasteiger partial charge in [0.2, 0.25) is 0 Å². The van der Waals surface area contributed by atoms with Gasteiger partial charge in [0.15, 0.2) is 0 Å².